The van der Waals surface area contributed by atoms with E-state index in [4.69, 9.17) is 9.52 Å². The Morgan fingerprint density at radius 1 is 1.67 bits per heavy atom. The number of aliphatic carboxylic acids is 1. The summed E-state index contributed by atoms with van der Waals surface area (Å²) in [6.45, 7) is 1.85. The van der Waals surface area contributed by atoms with Crippen molar-refractivity contribution in [1.29, 1.82) is 0 Å². The molecule has 0 spiro atoms. The minimum atomic E-state index is -0.866. The van der Waals surface area contributed by atoms with Gasteiger partial charge >= 0.3 is 5.97 Å². The minimum Gasteiger partial charge on any atom is -0.481 e. The molecule has 0 saturated heterocycles. The first-order valence-electron chi connectivity index (χ1n) is 4.39. The number of nitrogens with zero attached hydrogens (tertiary/aromatic N) is 1. The molecule has 2 rings (SSSR count). The maximum Gasteiger partial charge on any atom is 0.310 e. The summed E-state index contributed by atoms with van der Waals surface area (Å²) in [5, 5.41) is 9.24. The van der Waals surface area contributed by atoms with Gasteiger partial charge in [-0.25, -0.2) is 4.98 Å². The largest absolute Gasteiger partial charge is 0.481 e. The van der Waals surface area contributed by atoms with Crippen LogP contribution in [0.3, 0.4) is 0 Å². The van der Waals surface area contributed by atoms with Gasteiger partial charge in [0.05, 0.1) is 23.3 Å². The van der Waals surface area contributed by atoms with Gasteiger partial charge in [-0.2, -0.15) is 0 Å². The highest BCUT2D eigenvalue weighted by Crippen LogP contribution is 2.30. The number of hydrogen-bond donors (Lipinski definition) is 1. The average molecular weight is 223 g/mol. The van der Waals surface area contributed by atoms with E-state index in [0.717, 1.165) is 16.3 Å². The first kappa shape index (κ1) is 9.92. The van der Waals surface area contributed by atoms with Crippen molar-refractivity contribution in [3.63, 3.8) is 0 Å². The van der Waals surface area contributed by atoms with Gasteiger partial charge in [-0.1, -0.05) is 0 Å². The van der Waals surface area contributed by atoms with Crippen LogP contribution in [-0.2, 0) is 11.2 Å². The number of furan rings is 1. The maximum absolute atomic E-state index is 10.5. The SMILES string of the molecule is Cc1nc(CC(=O)O)sc1-c1ccco1. The minimum absolute atomic E-state index is 0.0355. The fourth-order valence-corrected chi connectivity index (χ4v) is 2.32. The Kier molecular flexibility index (Phi) is 2.55. The third kappa shape index (κ3) is 2.07. The van der Waals surface area contributed by atoms with Gasteiger partial charge in [0.25, 0.3) is 0 Å². The van der Waals surface area contributed by atoms with Crippen molar-refractivity contribution in [2.45, 2.75) is 13.3 Å². The summed E-state index contributed by atoms with van der Waals surface area (Å²) in [5.74, 6) is -0.128. The number of carbonyl (C=O) groups is 1. The van der Waals surface area contributed by atoms with E-state index >= 15 is 0 Å². The lowest BCUT2D eigenvalue weighted by Gasteiger charge is -1.89. The van der Waals surface area contributed by atoms with Crippen LogP contribution in [0.2, 0.25) is 0 Å². The zero-order valence-electron chi connectivity index (χ0n) is 8.06. The molecule has 0 aromatic carbocycles. The molecule has 15 heavy (non-hydrogen) atoms. The molecule has 5 heteroatoms. The van der Waals surface area contributed by atoms with Gasteiger partial charge < -0.3 is 9.52 Å². The summed E-state index contributed by atoms with van der Waals surface area (Å²) >= 11 is 1.36. The van der Waals surface area contributed by atoms with Crippen LogP contribution in [0.5, 0.6) is 0 Å². The van der Waals surface area contributed by atoms with E-state index < -0.39 is 5.97 Å². The molecule has 2 heterocycles. The normalized spacial score (nSPS) is 10.5. The highest BCUT2D eigenvalue weighted by atomic mass is 32.1. The summed E-state index contributed by atoms with van der Waals surface area (Å²) < 4.78 is 5.24. The van der Waals surface area contributed by atoms with Gasteiger partial charge in [0.15, 0.2) is 0 Å². The third-order valence-electron chi connectivity index (χ3n) is 1.89. The summed E-state index contributed by atoms with van der Waals surface area (Å²) in [7, 11) is 0. The predicted molar refractivity (Wildman–Crippen MR) is 55.9 cm³/mol. The van der Waals surface area contributed by atoms with Crippen molar-refractivity contribution in [3.8, 4) is 10.6 Å². The van der Waals surface area contributed by atoms with Crippen LogP contribution in [0.1, 0.15) is 10.7 Å². The lowest BCUT2D eigenvalue weighted by molar-refractivity contribution is -0.136. The molecule has 1 N–H and O–H groups in total. The van der Waals surface area contributed by atoms with E-state index in [1.165, 1.54) is 11.3 Å². The van der Waals surface area contributed by atoms with Gasteiger partial charge in [0, 0.05) is 0 Å². The van der Waals surface area contributed by atoms with E-state index in [0.29, 0.717) is 5.01 Å². The van der Waals surface area contributed by atoms with Gasteiger partial charge in [-0.15, -0.1) is 11.3 Å². The quantitative estimate of drug-likeness (QED) is 0.867. The van der Waals surface area contributed by atoms with Crippen LogP contribution < -0.4 is 0 Å². The molecular formula is C10H9NO3S. The van der Waals surface area contributed by atoms with Crippen molar-refractivity contribution >= 4 is 17.3 Å². The Balaban J connectivity index is 2.34. The number of hydrogen-bond acceptors (Lipinski definition) is 4. The third-order valence-corrected chi connectivity index (χ3v) is 3.06. The van der Waals surface area contributed by atoms with Gasteiger partial charge in [0.2, 0.25) is 0 Å². The zero-order chi connectivity index (χ0) is 10.8. The molecule has 0 radical (unpaired) electrons. The Morgan fingerprint density at radius 2 is 2.47 bits per heavy atom. The van der Waals surface area contributed by atoms with Crippen LogP contribution in [0.4, 0.5) is 0 Å². The molecule has 2 aromatic heterocycles. The molecule has 0 aliphatic carbocycles. The number of aryl methyl sites for hydroxylation is 1. The summed E-state index contributed by atoms with van der Waals surface area (Å²) in [4.78, 5) is 15.6. The molecule has 0 fully saturated rings. The van der Waals surface area contributed by atoms with E-state index in [1.807, 2.05) is 13.0 Å². The molecule has 0 bridgehead atoms. The molecular weight excluding hydrogens is 214 g/mol. The second kappa shape index (κ2) is 3.86. The summed E-state index contributed by atoms with van der Waals surface area (Å²) in [5.41, 5.74) is 0.811. The first-order chi connectivity index (χ1) is 7.16. The highest BCUT2D eigenvalue weighted by molar-refractivity contribution is 7.15. The molecule has 2 aromatic rings. The molecule has 0 aliphatic rings. The van der Waals surface area contributed by atoms with Crippen molar-refractivity contribution in [1.82, 2.24) is 4.98 Å². The molecule has 0 saturated carbocycles. The van der Waals surface area contributed by atoms with Crippen LogP contribution in [0.25, 0.3) is 10.6 Å². The van der Waals surface area contributed by atoms with Crippen LogP contribution in [0, 0.1) is 6.92 Å². The molecule has 0 aliphatic heterocycles. The van der Waals surface area contributed by atoms with E-state index in [9.17, 15) is 4.79 Å². The molecule has 0 amide bonds. The zero-order valence-corrected chi connectivity index (χ0v) is 8.87. The highest BCUT2D eigenvalue weighted by Gasteiger charge is 2.13. The van der Waals surface area contributed by atoms with Crippen LogP contribution in [-0.4, -0.2) is 16.1 Å². The van der Waals surface area contributed by atoms with Crippen LogP contribution >= 0.6 is 11.3 Å². The fraction of sp³-hybridized carbons (Fsp3) is 0.200. The Morgan fingerprint density at radius 3 is 3.07 bits per heavy atom. The second-order valence-electron chi connectivity index (χ2n) is 3.07. The predicted octanol–water partition coefficient (Wildman–Crippen LogP) is 2.34. The lowest BCUT2D eigenvalue weighted by Crippen LogP contribution is -1.98. The topological polar surface area (TPSA) is 63.3 Å². The van der Waals surface area contributed by atoms with Crippen LogP contribution in [0.15, 0.2) is 22.8 Å². The van der Waals surface area contributed by atoms with Crippen molar-refractivity contribution in [3.05, 3.63) is 29.1 Å². The lowest BCUT2D eigenvalue weighted by atomic mass is 10.3. The van der Waals surface area contributed by atoms with Crippen molar-refractivity contribution in [2.75, 3.05) is 0 Å². The van der Waals surface area contributed by atoms with Gasteiger partial charge in [0.1, 0.15) is 10.8 Å². The molecule has 78 valence electrons. The summed E-state index contributed by atoms with van der Waals surface area (Å²) in [6, 6.07) is 3.64. The number of aromatic nitrogens is 1. The van der Waals surface area contributed by atoms with Gasteiger partial charge in [-0.05, 0) is 19.1 Å². The molecule has 4 nitrogen and oxygen atoms in total. The van der Waals surface area contributed by atoms with E-state index in [-0.39, 0.29) is 6.42 Å². The smallest absolute Gasteiger partial charge is 0.310 e. The Labute approximate surface area is 90.2 Å². The fourth-order valence-electron chi connectivity index (χ4n) is 1.29. The maximum atomic E-state index is 10.5. The second-order valence-corrected chi connectivity index (χ2v) is 4.15. The van der Waals surface area contributed by atoms with E-state index in [2.05, 4.69) is 4.98 Å². The number of rotatable bonds is 3. The number of carboxylic acid groups (broad SMARTS) is 1. The molecule has 0 atom stereocenters. The monoisotopic (exact) mass is 223 g/mol. The number of carboxylic acids is 1. The molecule has 0 unspecified atom stereocenters. The Bertz CT molecular complexity index is 473. The first-order valence-corrected chi connectivity index (χ1v) is 5.20. The number of thiazole rings is 1. The Hall–Kier alpha value is -1.62. The summed E-state index contributed by atoms with van der Waals surface area (Å²) in [6.07, 6.45) is 1.55. The van der Waals surface area contributed by atoms with Gasteiger partial charge in [-0.3, -0.25) is 4.79 Å². The van der Waals surface area contributed by atoms with E-state index in [1.54, 1.807) is 12.3 Å². The average Bonchev–Trinajstić information content (AvgIpc) is 2.72. The van der Waals surface area contributed by atoms with Crippen molar-refractivity contribution in [2.24, 2.45) is 0 Å². The van der Waals surface area contributed by atoms with Crippen molar-refractivity contribution < 1.29 is 14.3 Å². The standard InChI is InChI=1S/C10H9NO3S/c1-6-10(7-3-2-4-14-7)15-8(11-6)5-9(12)13/h2-4H,5H2,1H3,(H,12,13).